The largest absolute Gasteiger partial charge is 0.342 e. The van der Waals surface area contributed by atoms with E-state index in [1.165, 1.54) is 32.1 Å². The number of hydrogen-bond donors (Lipinski definition) is 1. The topological polar surface area (TPSA) is 46.3 Å². The van der Waals surface area contributed by atoms with E-state index in [9.17, 15) is 4.79 Å². The van der Waals surface area contributed by atoms with Crippen LogP contribution in [0.2, 0.25) is 0 Å². The molecule has 2 rings (SSSR count). The molecule has 2 aliphatic rings. The Balaban J connectivity index is 1.82. The molecule has 1 heterocycles. The summed E-state index contributed by atoms with van der Waals surface area (Å²) in [5.74, 6) is 1.42. The third kappa shape index (κ3) is 3.71. The van der Waals surface area contributed by atoms with E-state index < -0.39 is 0 Å². The smallest absolute Gasteiger partial charge is 0.225 e. The number of rotatable bonds is 3. The molecule has 2 fully saturated rings. The van der Waals surface area contributed by atoms with Crippen molar-refractivity contribution in [3.63, 3.8) is 0 Å². The van der Waals surface area contributed by atoms with Crippen molar-refractivity contribution >= 4 is 5.91 Å². The maximum atomic E-state index is 12.5. The monoisotopic (exact) mass is 252 g/mol. The van der Waals surface area contributed by atoms with Crippen molar-refractivity contribution in [2.75, 3.05) is 19.6 Å². The van der Waals surface area contributed by atoms with Gasteiger partial charge in [0.15, 0.2) is 0 Å². The van der Waals surface area contributed by atoms with Gasteiger partial charge in [0.25, 0.3) is 0 Å². The van der Waals surface area contributed by atoms with Gasteiger partial charge in [0.1, 0.15) is 0 Å². The molecule has 1 aliphatic carbocycles. The van der Waals surface area contributed by atoms with Crippen LogP contribution in [0.25, 0.3) is 0 Å². The summed E-state index contributed by atoms with van der Waals surface area (Å²) in [6.07, 6.45) is 11.0. The van der Waals surface area contributed by atoms with Gasteiger partial charge in [-0.15, -0.1) is 0 Å². The Morgan fingerprint density at radius 2 is 1.72 bits per heavy atom. The van der Waals surface area contributed by atoms with Crippen LogP contribution in [-0.4, -0.2) is 30.4 Å². The zero-order chi connectivity index (χ0) is 12.8. The Morgan fingerprint density at radius 3 is 2.39 bits per heavy atom. The summed E-state index contributed by atoms with van der Waals surface area (Å²) in [4.78, 5) is 14.6. The molecule has 0 spiro atoms. The van der Waals surface area contributed by atoms with Crippen LogP contribution in [0.4, 0.5) is 0 Å². The molecule has 0 radical (unpaired) electrons. The van der Waals surface area contributed by atoms with E-state index in [1.807, 2.05) is 0 Å². The molecule has 0 bridgehead atoms. The fourth-order valence-corrected chi connectivity index (χ4v) is 3.47. The standard InChI is InChI=1S/C15H28N2O/c16-10-8-13-9-11-17(12-13)15(18)14-6-4-2-1-3-5-7-14/h13-14H,1-12,16H2. The van der Waals surface area contributed by atoms with Crippen LogP contribution in [-0.2, 0) is 4.79 Å². The molecule has 1 saturated carbocycles. The van der Waals surface area contributed by atoms with Crippen LogP contribution in [0.5, 0.6) is 0 Å². The molecule has 1 atom stereocenters. The average molecular weight is 252 g/mol. The number of carbonyl (C=O) groups is 1. The van der Waals surface area contributed by atoms with Gasteiger partial charge in [-0.05, 0) is 38.1 Å². The van der Waals surface area contributed by atoms with Crippen LogP contribution in [0, 0.1) is 11.8 Å². The molecule has 1 aliphatic heterocycles. The fourth-order valence-electron chi connectivity index (χ4n) is 3.47. The van der Waals surface area contributed by atoms with E-state index in [1.54, 1.807) is 0 Å². The number of hydrogen-bond acceptors (Lipinski definition) is 2. The number of amides is 1. The highest BCUT2D eigenvalue weighted by Gasteiger charge is 2.30. The second-order valence-electron chi connectivity index (χ2n) is 6.06. The summed E-state index contributed by atoms with van der Waals surface area (Å²) in [5, 5.41) is 0. The van der Waals surface area contributed by atoms with Crippen LogP contribution in [0.3, 0.4) is 0 Å². The highest BCUT2D eigenvalue weighted by molar-refractivity contribution is 5.79. The summed E-state index contributed by atoms with van der Waals surface area (Å²) in [7, 11) is 0. The molecule has 3 nitrogen and oxygen atoms in total. The molecular formula is C15H28N2O. The first-order valence-corrected chi connectivity index (χ1v) is 7.80. The van der Waals surface area contributed by atoms with Crippen LogP contribution >= 0.6 is 0 Å². The fraction of sp³-hybridized carbons (Fsp3) is 0.933. The lowest BCUT2D eigenvalue weighted by Crippen LogP contribution is -2.35. The van der Waals surface area contributed by atoms with Gasteiger partial charge >= 0.3 is 0 Å². The molecule has 1 unspecified atom stereocenters. The van der Waals surface area contributed by atoms with Gasteiger partial charge in [-0.1, -0.05) is 32.1 Å². The number of likely N-dealkylation sites (tertiary alicyclic amines) is 1. The lowest BCUT2D eigenvalue weighted by molar-refractivity contribution is -0.135. The molecule has 2 N–H and O–H groups in total. The lowest BCUT2D eigenvalue weighted by atomic mass is 9.90. The maximum Gasteiger partial charge on any atom is 0.225 e. The van der Waals surface area contributed by atoms with Crippen LogP contribution in [0.15, 0.2) is 0 Å². The van der Waals surface area contributed by atoms with Crippen molar-refractivity contribution in [3.8, 4) is 0 Å². The predicted octanol–water partition coefficient (Wildman–Crippen LogP) is 2.54. The molecule has 0 aromatic carbocycles. The predicted molar refractivity (Wildman–Crippen MR) is 74.2 cm³/mol. The average Bonchev–Trinajstić information content (AvgIpc) is 2.77. The van der Waals surface area contributed by atoms with Gasteiger partial charge in [-0.2, -0.15) is 0 Å². The minimum Gasteiger partial charge on any atom is -0.342 e. The maximum absolute atomic E-state index is 12.5. The normalized spacial score (nSPS) is 26.9. The molecule has 1 amide bonds. The van der Waals surface area contributed by atoms with E-state index in [-0.39, 0.29) is 0 Å². The summed E-state index contributed by atoms with van der Waals surface area (Å²) in [6, 6.07) is 0. The highest BCUT2D eigenvalue weighted by atomic mass is 16.2. The van der Waals surface area contributed by atoms with Gasteiger partial charge in [0.2, 0.25) is 5.91 Å². The Labute approximate surface area is 111 Å². The Hall–Kier alpha value is -0.570. The highest BCUT2D eigenvalue weighted by Crippen LogP contribution is 2.27. The molecule has 0 aromatic rings. The SMILES string of the molecule is NCCC1CCN(C(=O)C2CCCCCCC2)C1. The van der Waals surface area contributed by atoms with Crippen molar-refractivity contribution in [2.24, 2.45) is 17.6 Å². The van der Waals surface area contributed by atoms with Crippen molar-refractivity contribution in [1.82, 2.24) is 4.90 Å². The summed E-state index contributed by atoms with van der Waals surface area (Å²) in [5.41, 5.74) is 5.61. The minimum atomic E-state index is 0.321. The molecule has 1 saturated heterocycles. The zero-order valence-corrected chi connectivity index (χ0v) is 11.6. The number of carbonyl (C=O) groups excluding carboxylic acids is 1. The van der Waals surface area contributed by atoms with E-state index >= 15 is 0 Å². The van der Waals surface area contributed by atoms with Gasteiger partial charge in [-0.3, -0.25) is 4.79 Å². The Morgan fingerprint density at radius 1 is 1.06 bits per heavy atom. The van der Waals surface area contributed by atoms with Gasteiger partial charge in [0, 0.05) is 19.0 Å². The number of nitrogens with zero attached hydrogens (tertiary/aromatic N) is 1. The zero-order valence-electron chi connectivity index (χ0n) is 11.6. The first kappa shape index (κ1) is 13.9. The Bertz CT molecular complexity index is 259. The quantitative estimate of drug-likeness (QED) is 0.839. The van der Waals surface area contributed by atoms with Crippen molar-refractivity contribution in [2.45, 2.75) is 57.8 Å². The first-order valence-electron chi connectivity index (χ1n) is 7.80. The van der Waals surface area contributed by atoms with E-state index in [0.29, 0.717) is 17.7 Å². The third-order valence-corrected chi connectivity index (χ3v) is 4.63. The molecule has 3 heteroatoms. The van der Waals surface area contributed by atoms with Crippen molar-refractivity contribution in [1.29, 1.82) is 0 Å². The van der Waals surface area contributed by atoms with Crippen LogP contribution < -0.4 is 5.73 Å². The summed E-state index contributed by atoms with van der Waals surface area (Å²) < 4.78 is 0. The van der Waals surface area contributed by atoms with Crippen molar-refractivity contribution in [3.05, 3.63) is 0 Å². The van der Waals surface area contributed by atoms with E-state index in [0.717, 1.165) is 45.3 Å². The first-order chi connectivity index (χ1) is 8.81. The minimum absolute atomic E-state index is 0.321. The molecule has 0 aromatic heterocycles. The van der Waals surface area contributed by atoms with E-state index in [2.05, 4.69) is 4.90 Å². The van der Waals surface area contributed by atoms with Crippen molar-refractivity contribution < 1.29 is 4.79 Å². The summed E-state index contributed by atoms with van der Waals surface area (Å²) in [6.45, 7) is 2.70. The second-order valence-corrected chi connectivity index (χ2v) is 6.06. The lowest BCUT2D eigenvalue weighted by Gasteiger charge is -2.25. The molecular weight excluding hydrogens is 224 g/mol. The summed E-state index contributed by atoms with van der Waals surface area (Å²) >= 11 is 0. The number of nitrogens with two attached hydrogens (primary N) is 1. The van der Waals surface area contributed by atoms with Crippen LogP contribution in [0.1, 0.15) is 57.8 Å². The molecule has 104 valence electrons. The third-order valence-electron chi connectivity index (χ3n) is 4.63. The Kier molecular flexibility index (Phi) is 5.48. The second kappa shape index (κ2) is 7.13. The van der Waals surface area contributed by atoms with Gasteiger partial charge in [0.05, 0.1) is 0 Å². The molecule has 18 heavy (non-hydrogen) atoms. The van der Waals surface area contributed by atoms with E-state index in [4.69, 9.17) is 5.73 Å². The van der Waals surface area contributed by atoms with Gasteiger partial charge in [-0.25, -0.2) is 0 Å². The van der Waals surface area contributed by atoms with Gasteiger partial charge < -0.3 is 10.6 Å².